The summed E-state index contributed by atoms with van der Waals surface area (Å²) in [6, 6.07) is 9.99. The first-order valence-electron chi connectivity index (χ1n) is 6.10. The molecule has 6 heteroatoms. The quantitative estimate of drug-likeness (QED) is 0.804. The van der Waals surface area contributed by atoms with E-state index < -0.39 is 11.8 Å². The third-order valence-corrected chi connectivity index (χ3v) is 3.42. The monoisotopic (exact) mass is 350 g/mol. The van der Waals surface area contributed by atoms with Crippen LogP contribution in [0.4, 0.5) is 20.6 Å². The van der Waals surface area contributed by atoms with E-state index >= 15 is 0 Å². The summed E-state index contributed by atoms with van der Waals surface area (Å²) in [6.07, 6.45) is 0. The maximum Gasteiger partial charge on any atom is 0.323 e. The highest BCUT2D eigenvalue weighted by molar-refractivity contribution is 9.10. The maximum absolute atomic E-state index is 13.1. The first-order chi connectivity index (χ1) is 9.95. The number of hydrogen-bond acceptors (Lipinski definition) is 2. The van der Waals surface area contributed by atoms with Gasteiger partial charge in [-0.3, -0.25) is 4.79 Å². The van der Waals surface area contributed by atoms with Crippen LogP contribution in [0, 0.1) is 5.82 Å². The van der Waals surface area contributed by atoms with Gasteiger partial charge in [0.05, 0.1) is 5.69 Å². The number of Topliss-reactive ketones (excluding diaryl/α,β-unsaturated/α-hetero) is 1. The van der Waals surface area contributed by atoms with Crippen molar-refractivity contribution in [2.45, 2.75) is 6.92 Å². The lowest BCUT2D eigenvalue weighted by Gasteiger charge is -2.09. The van der Waals surface area contributed by atoms with Crippen LogP contribution in [0.2, 0.25) is 0 Å². The number of halogens is 2. The van der Waals surface area contributed by atoms with Gasteiger partial charge in [0.1, 0.15) is 5.82 Å². The molecule has 0 bridgehead atoms. The number of benzene rings is 2. The van der Waals surface area contributed by atoms with Crippen molar-refractivity contribution in [1.29, 1.82) is 0 Å². The molecule has 2 rings (SSSR count). The fourth-order valence-electron chi connectivity index (χ4n) is 1.67. The molecular formula is C15H12BrFN2O2. The van der Waals surface area contributed by atoms with Crippen molar-refractivity contribution < 1.29 is 14.0 Å². The maximum atomic E-state index is 13.1. The lowest BCUT2D eigenvalue weighted by molar-refractivity contribution is 0.101. The Morgan fingerprint density at radius 3 is 2.33 bits per heavy atom. The van der Waals surface area contributed by atoms with Gasteiger partial charge in [0.15, 0.2) is 5.78 Å². The van der Waals surface area contributed by atoms with Crippen molar-refractivity contribution in [3.05, 3.63) is 58.3 Å². The van der Waals surface area contributed by atoms with Gasteiger partial charge < -0.3 is 10.6 Å². The number of rotatable bonds is 3. The van der Waals surface area contributed by atoms with Gasteiger partial charge in [0, 0.05) is 15.7 Å². The number of carbonyl (C=O) groups excluding carboxylic acids is 2. The minimum atomic E-state index is -0.503. The van der Waals surface area contributed by atoms with Crippen LogP contribution in [0.15, 0.2) is 46.9 Å². The second kappa shape index (κ2) is 6.49. The molecule has 0 aliphatic carbocycles. The summed E-state index contributed by atoms with van der Waals surface area (Å²) in [4.78, 5) is 23.0. The fraction of sp³-hybridized carbons (Fsp3) is 0.0667. The highest BCUT2D eigenvalue weighted by Crippen LogP contribution is 2.23. The normalized spacial score (nSPS) is 10.0. The summed E-state index contributed by atoms with van der Waals surface area (Å²) < 4.78 is 13.7. The van der Waals surface area contributed by atoms with Gasteiger partial charge in [-0.1, -0.05) is 0 Å². The Bertz CT molecular complexity index is 687. The van der Waals surface area contributed by atoms with Crippen LogP contribution >= 0.6 is 15.9 Å². The van der Waals surface area contributed by atoms with Crippen molar-refractivity contribution in [1.82, 2.24) is 0 Å². The van der Waals surface area contributed by atoms with Crippen molar-refractivity contribution in [2.24, 2.45) is 0 Å². The summed E-state index contributed by atoms with van der Waals surface area (Å²) in [5.41, 5.74) is 1.42. The molecule has 0 radical (unpaired) electrons. The molecule has 0 unspecified atom stereocenters. The smallest absolute Gasteiger partial charge is 0.308 e. The number of hydrogen-bond donors (Lipinski definition) is 2. The first-order valence-corrected chi connectivity index (χ1v) is 6.89. The number of nitrogens with one attached hydrogen (secondary N) is 2. The van der Waals surface area contributed by atoms with Gasteiger partial charge in [-0.2, -0.15) is 0 Å². The highest BCUT2D eigenvalue weighted by Gasteiger charge is 2.07. The molecule has 0 fully saturated rings. The molecule has 2 aromatic rings. The predicted molar refractivity (Wildman–Crippen MR) is 83.2 cm³/mol. The van der Waals surface area contributed by atoms with E-state index in [0.29, 0.717) is 21.4 Å². The molecule has 108 valence electrons. The van der Waals surface area contributed by atoms with Crippen LogP contribution in [0.1, 0.15) is 17.3 Å². The molecule has 0 aliphatic rings. The van der Waals surface area contributed by atoms with Crippen LogP contribution in [0.25, 0.3) is 0 Å². The SMILES string of the molecule is CC(=O)c1ccc(NC(=O)Nc2cc(F)ccc2Br)cc1. The molecule has 2 amide bonds. The number of amides is 2. The number of ketones is 1. The largest absolute Gasteiger partial charge is 0.323 e. The van der Waals surface area contributed by atoms with E-state index in [9.17, 15) is 14.0 Å². The molecular weight excluding hydrogens is 339 g/mol. The average Bonchev–Trinajstić information content (AvgIpc) is 2.43. The van der Waals surface area contributed by atoms with E-state index in [2.05, 4.69) is 26.6 Å². The molecule has 0 heterocycles. The second-order valence-corrected chi connectivity index (χ2v) is 5.19. The van der Waals surface area contributed by atoms with Gasteiger partial charge in [-0.05, 0) is 65.3 Å². The lowest BCUT2D eigenvalue weighted by atomic mass is 10.1. The van der Waals surface area contributed by atoms with Crippen LogP contribution in [0.3, 0.4) is 0 Å². The van der Waals surface area contributed by atoms with E-state index in [1.807, 2.05) is 0 Å². The summed E-state index contributed by atoms with van der Waals surface area (Å²) in [5, 5.41) is 5.13. The van der Waals surface area contributed by atoms with Gasteiger partial charge in [-0.15, -0.1) is 0 Å². The minimum absolute atomic E-state index is 0.0466. The zero-order valence-corrected chi connectivity index (χ0v) is 12.7. The molecule has 2 aromatic carbocycles. The van der Waals surface area contributed by atoms with Crippen molar-refractivity contribution in [3.63, 3.8) is 0 Å². The standard InChI is InChI=1S/C15H12BrFN2O2/c1-9(20)10-2-5-12(6-3-10)18-15(21)19-14-8-11(17)4-7-13(14)16/h2-8H,1H3,(H2,18,19,21). The van der Waals surface area contributed by atoms with Gasteiger partial charge in [0.2, 0.25) is 0 Å². The molecule has 2 N–H and O–H groups in total. The zero-order valence-electron chi connectivity index (χ0n) is 11.1. The number of carbonyl (C=O) groups is 2. The van der Waals surface area contributed by atoms with Crippen molar-refractivity contribution >= 4 is 39.1 Å². The van der Waals surface area contributed by atoms with E-state index in [0.717, 1.165) is 0 Å². The van der Waals surface area contributed by atoms with Crippen LogP contribution < -0.4 is 10.6 Å². The number of anilines is 2. The molecule has 0 saturated carbocycles. The zero-order chi connectivity index (χ0) is 15.4. The van der Waals surface area contributed by atoms with E-state index in [4.69, 9.17) is 0 Å². The Hall–Kier alpha value is -2.21. The van der Waals surface area contributed by atoms with Crippen LogP contribution in [0.5, 0.6) is 0 Å². The third kappa shape index (κ3) is 4.13. The summed E-state index contributed by atoms with van der Waals surface area (Å²) in [6.45, 7) is 1.47. The Balaban J connectivity index is 2.04. The molecule has 0 saturated heterocycles. The summed E-state index contributed by atoms with van der Waals surface area (Å²) in [5.74, 6) is -0.492. The lowest BCUT2D eigenvalue weighted by Crippen LogP contribution is -2.19. The van der Waals surface area contributed by atoms with Gasteiger partial charge in [-0.25, -0.2) is 9.18 Å². The van der Waals surface area contributed by atoms with E-state index in [1.54, 1.807) is 24.3 Å². The molecule has 0 aliphatic heterocycles. The Morgan fingerprint density at radius 1 is 1.05 bits per heavy atom. The summed E-state index contributed by atoms with van der Waals surface area (Å²) >= 11 is 3.22. The highest BCUT2D eigenvalue weighted by atomic mass is 79.9. The topological polar surface area (TPSA) is 58.2 Å². The Kier molecular flexibility index (Phi) is 4.70. The van der Waals surface area contributed by atoms with Crippen LogP contribution in [-0.2, 0) is 0 Å². The van der Waals surface area contributed by atoms with Gasteiger partial charge >= 0.3 is 6.03 Å². The molecule has 0 spiro atoms. The molecule has 4 nitrogen and oxygen atoms in total. The van der Waals surface area contributed by atoms with Crippen molar-refractivity contribution in [3.8, 4) is 0 Å². The average molecular weight is 351 g/mol. The van der Waals surface area contributed by atoms with E-state index in [-0.39, 0.29) is 5.78 Å². The molecule has 21 heavy (non-hydrogen) atoms. The fourth-order valence-corrected chi connectivity index (χ4v) is 2.01. The Morgan fingerprint density at radius 2 is 1.71 bits per heavy atom. The molecule has 0 aromatic heterocycles. The summed E-state index contributed by atoms with van der Waals surface area (Å²) in [7, 11) is 0. The Labute approximate surface area is 129 Å². The molecule has 0 atom stereocenters. The third-order valence-electron chi connectivity index (χ3n) is 2.73. The second-order valence-electron chi connectivity index (χ2n) is 4.34. The number of urea groups is 1. The first kappa shape index (κ1) is 15.2. The van der Waals surface area contributed by atoms with E-state index in [1.165, 1.54) is 25.1 Å². The van der Waals surface area contributed by atoms with Crippen molar-refractivity contribution in [2.75, 3.05) is 10.6 Å². The predicted octanol–water partition coefficient (Wildman–Crippen LogP) is 4.43. The van der Waals surface area contributed by atoms with Gasteiger partial charge in [0.25, 0.3) is 0 Å². The van der Waals surface area contributed by atoms with Crippen LogP contribution in [-0.4, -0.2) is 11.8 Å². The minimum Gasteiger partial charge on any atom is -0.308 e.